The molecular weight excluding hydrogens is 212 g/mol. The summed E-state index contributed by atoms with van der Waals surface area (Å²) in [6.45, 7) is 5.60. The number of rotatable bonds is 1. The molecule has 0 spiro atoms. The number of nitrogens with zero attached hydrogens (tertiary/aromatic N) is 1. The third kappa shape index (κ3) is 1.84. The molecule has 3 nitrogen and oxygen atoms in total. The summed E-state index contributed by atoms with van der Waals surface area (Å²) >= 11 is 0. The summed E-state index contributed by atoms with van der Waals surface area (Å²) in [5.41, 5.74) is 2.04. The van der Waals surface area contributed by atoms with E-state index in [0.29, 0.717) is 0 Å². The average molecular weight is 230 g/mol. The standard InChI is InChI=1S/C14H18N2O/c1-14(2)8-5-9-15-12(14)13-16-10-6-3-4-7-11(10)17-13/h3-4,6-7,12,15H,5,8-9H2,1-2H3. The van der Waals surface area contributed by atoms with Gasteiger partial charge in [0.2, 0.25) is 5.89 Å². The van der Waals surface area contributed by atoms with Gasteiger partial charge in [-0.15, -0.1) is 0 Å². The molecule has 2 heterocycles. The molecule has 1 unspecified atom stereocenters. The summed E-state index contributed by atoms with van der Waals surface area (Å²) in [5.74, 6) is 0.830. The lowest BCUT2D eigenvalue weighted by Gasteiger charge is -2.37. The van der Waals surface area contributed by atoms with Crippen molar-refractivity contribution in [3.8, 4) is 0 Å². The minimum absolute atomic E-state index is 0.207. The predicted octanol–water partition coefficient (Wildman–Crippen LogP) is 3.28. The van der Waals surface area contributed by atoms with E-state index in [-0.39, 0.29) is 11.5 Å². The van der Waals surface area contributed by atoms with E-state index in [0.717, 1.165) is 23.5 Å². The zero-order valence-corrected chi connectivity index (χ0v) is 10.4. The molecule has 1 atom stereocenters. The maximum atomic E-state index is 5.87. The Morgan fingerprint density at radius 3 is 2.94 bits per heavy atom. The van der Waals surface area contributed by atoms with Crippen LogP contribution in [-0.4, -0.2) is 11.5 Å². The highest BCUT2D eigenvalue weighted by Gasteiger charge is 2.36. The smallest absolute Gasteiger partial charge is 0.213 e. The van der Waals surface area contributed by atoms with Gasteiger partial charge in [-0.3, -0.25) is 0 Å². The van der Waals surface area contributed by atoms with Gasteiger partial charge in [-0.05, 0) is 36.9 Å². The third-order valence-electron chi connectivity index (χ3n) is 3.69. The molecule has 1 fully saturated rings. The lowest BCUT2D eigenvalue weighted by atomic mass is 9.77. The first-order valence-electron chi connectivity index (χ1n) is 6.26. The molecule has 1 aromatic carbocycles. The van der Waals surface area contributed by atoms with Gasteiger partial charge in [-0.25, -0.2) is 4.98 Å². The van der Waals surface area contributed by atoms with E-state index >= 15 is 0 Å². The number of nitrogens with one attached hydrogen (secondary N) is 1. The summed E-state index contributed by atoms with van der Waals surface area (Å²) < 4.78 is 5.87. The zero-order valence-electron chi connectivity index (χ0n) is 10.4. The Kier molecular flexibility index (Phi) is 2.44. The van der Waals surface area contributed by atoms with Crippen LogP contribution in [0.15, 0.2) is 28.7 Å². The van der Waals surface area contributed by atoms with Crippen LogP contribution >= 0.6 is 0 Å². The van der Waals surface area contributed by atoms with E-state index in [1.165, 1.54) is 12.8 Å². The SMILES string of the molecule is CC1(C)CCCNC1c1nc2ccccc2o1. The van der Waals surface area contributed by atoms with Crippen LogP contribution in [0.4, 0.5) is 0 Å². The Labute approximate surface area is 101 Å². The molecule has 90 valence electrons. The molecule has 1 aromatic heterocycles. The average Bonchev–Trinajstić information content (AvgIpc) is 2.71. The summed E-state index contributed by atoms with van der Waals surface area (Å²) in [4.78, 5) is 4.60. The molecule has 0 aliphatic carbocycles. The van der Waals surface area contributed by atoms with Crippen LogP contribution in [0, 0.1) is 5.41 Å². The summed E-state index contributed by atoms with van der Waals surface area (Å²) in [6, 6.07) is 8.17. The van der Waals surface area contributed by atoms with Gasteiger partial charge in [-0.2, -0.15) is 0 Å². The van der Waals surface area contributed by atoms with Crippen molar-refractivity contribution in [1.29, 1.82) is 0 Å². The molecule has 0 bridgehead atoms. The van der Waals surface area contributed by atoms with E-state index in [1.807, 2.05) is 24.3 Å². The molecule has 3 rings (SSSR count). The Morgan fingerprint density at radius 1 is 1.35 bits per heavy atom. The van der Waals surface area contributed by atoms with Gasteiger partial charge < -0.3 is 9.73 Å². The van der Waals surface area contributed by atoms with Crippen molar-refractivity contribution in [3.63, 3.8) is 0 Å². The summed E-state index contributed by atoms with van der Waals surface area (Å²) in [5, 5.41) is 3.53. The first kappa shape index (κ1) is 10.8. The van der Waals surface area contributed by atoms with Crippen molar-refractivity contribution < 1.29 is 4.42 Å². The number of hydrogen-bond donors (Lipinski definition) is 1. The molecule has 1 saturated heterocycles. The summed E-state index contributed by atoms with van der Waals surface area (Å²) in [6.07, 6.45) is 2.44. The van der Waals surface area contributed by atoms with Gasteiger partial charge in [-0.1, -0.05) is 26.0 Å². The van der Waals surface area contributed by atoms with Gasteiger partial charge in [0, 0.05) is 0 Å². The second kappa shape index (κ2) is 3.84. The molecule has 3 heteroatoms. The normalized spacial score (nSPS) is 24.0. The number of benzene rings is 1. The second-order valence-electron chi connectivity index (χ2n) is 5.50. The molecule has 2 aromatic rings. The lowest BCUT2D eigenvalue weighted by Crippen LogP contribution is -2.39. The van der Waals surface area contributed by atoms with Crippen molar-refractivity contribution in [2.45, 2.75) is 32.7 Å². The van der Waals surface area contributed by atoms with Crippen LogP contribution in [0.25, 0.3) is 11.1 Å². The Bertz CT molecular complexity index is 497. The molecule has 17 heavy (non-hydrogen) atoms. The number of piperidine rings is 1. The highest BCUT2D eigenvalue weighted by atomic mass is 16.3. The van der Waals surface area contributed by atoms with Gasteiger partial charge in [0.05, 0.1) is 6.04 Å². The van der Waals surface area contributed by atoms with Crippen LogP contribution < -0.4 is 5.32 Å². The minimum Gasteiger partial charge on any atom is -0.439 e. The highest BCUT2D eigenvalue weighted by molar-refractivity contribution is 5.72. The van der Waals surface area contributed by atoms with Crippen molar-refractivity contribution >= 4 is 11.1 Å². The molecule has 0 saturated carbocycles. The fourth-order valence-electron chi connectivity index (χ4n) is 2.65. The first-order chi connectivity index (χ1) is 8.17. The fraction of sp³-hybridized carbons (Fsp3) is 0.500. The molecule has 0 amide bonds. The zero-order chi connectivity index (χ0) is 11.9. The van der Waals surface area contributed by atoms with Crippen molar-refractivity contribution in [1.82, 2.24) is 10.3 Å². The highest BCUT2D eigenvalue weighted by Crippen LogP contribution is 2.40. The van der Waals surface area contributed by atoms with Crippen molar-refractivity contribution in [2.75, 3.05) is 6.54 Å². The Balaban J connectivity index is 2.02. The monoisotopic (exact) mass is 230 g/mol. The number of oxazole rings is 1. The van der Waals surface area contributed by atoms with E-state index in [9.17, 15) is 0 Å². The quantitative estimate of drug-likeness (QED) is 0.817. The minimum atomic E-state index is 0.207. The third-order valence-corrected chi connectivity index (χ3v) is 3.69. The van der Waals surface area contributed by atoms with Crippen LogP contribution in [0.3, 0.4) is 0 Å². The van der Waals surface area contributed by atoms with Gasteiger partial charge in [0.25, 0.3) is 0 Å². The number of aromatic nitrogens is 1. The number of para-hydroxylation sites is 2. The van der Waals surface area contributed by atoms with E-state index in [4.69, 9.17) is 4.42 Å². The number of hydrogen-bond acceptors (Lipinski definition) is 3. The molecule has 1 aliphatic rings. The Hall–Kier alpha value is -1.35. The fourth-order valence-corrected chi connectivity index (χ4v) is 2.65. The van der Waals surface area contributed by atoms with E-state index in [1.54, 1.807) is 0 Å². The second-order valence-corrected chi connectivity index (χ2v) is 5.50. The summed E-state index contributed by atoms with van der Waals surface area (Å²) in [7, 11) is 0. The van der Waals surface area contributed by atoms with Gasteiger partial charge >= 0.3 is 0 Å². The van der Waals surface area contributed by atoms with Gasteiger partial charge in [0.1, 0.15) is 5.52 Å². The maximum Gasteiger partial charge on any atom is 0.213 e. The predicted molar refractivity (Wildman–Crippen MR) is 67.8 cm³/mol. The lowest BCUT2D eigenvalue weighted by molar-refractivity contribution is 0.157. The first-order valence-corrected chi connectivity index (χ1v) is 6.26. The van der Waals surface area contributed by atoms with Crippen LogP contribution in [0.2, 0.25) is 0 Å². The molecule has 1 aliphatic heterocycles. The van der Waals surface area contributed by atoms with Crippen LogP contribution in [0.5, 0.6) is 0 Å². The van der Waals surface area contributed by atoms with E-state index < -0.39 is 0 Å². The largest absolute Gasteiger partial charge is 0.439 e. The molecule has 0 radical (unpaired) electrons. The van der Waals surface area contributed by atoms with Crippen molar-refractivity contribution in [2.24, 2.45) is 5.41 Å². The van der Waals surface area contributed by atoms with Crippen molar-refractivity contribution in [3.05, 3.63) is 30.2 Å². The molecule has 1 N–H and O–H groups in total. The number of fused-ring (bicyclic) bond motifs is 1. The Morgan fingerprint density at radius 2 is 2.18 bits per heavy atom. The topological polar surface area (TPSA) is 38.1 Å². The van der Waals surface area contributed by atoms with Crippen LogP contribution in [0.1, 0.15) is 38.6 Å². The molecular formula is C14H18N2O. The van der Waals surface area contributed by atoms with Crippen LogP contribution in [-0.2, 0) is 0 Å². The van der Waals surface area contributed by atoms with E-state index in [2.05, 4.69) is 24.1 Å². The van der Waals surface area contributed by atoms with Gasteiger partial charge in [0.15, 0.2) is 5.58 Å². The maximum absolute atomic E-state index is 5.87.